The predicted molar refractivity (Wildman–Crippen MR) is 60.3 cm³/mol. The van der Waals surface area contributed by atoms with Gasteiger partial charge >= 0.3 is 0 Å². The Morgan fingerprint density at radius 2 is 1.93 bits per heavy atom. The maximum absolute atomic E-state index is 11.7. The fourth-order valence-electron chi connectivity index (χ4n) is 1.62. The average molecular weight is 207 g/mol. The summed E-state index contributed by atoms with van der Waals surface area (Å²) in [6.07, 6.45) is 0.352. The molecule has 0 aliphatic carbocycles. The van der Waals surface area contributed by atoms with E-state index in [1.54, 1.807) is 13.0 Å². The number of hydrogen-bond acceptors (Lipinski definition) is 3. The molecule has 0 saturated heterocycles. The molecule has 0 radical (unpaired) electrons. The number of benzene rings is 1. The molecule has 0 unspecified atom stereocenters. The van der Waals surface area contributed by atoms with Crippen molar-refractivity contribution in [1.29, 1.82) is 0 Å². The Hall–Kier alpha value is -1.35. The first-order chi connectivity index (χ1) is 6.99. The highest BCUT2D eigenvalue weighted by molar-refractivity contribution is 5.98. The van der Waals surface area contributed by atoms with Gasteiger partial charge in [0.2, 0.25) is 0 Å². The van der Waals surface area contributed by atoms with E-state index in [-0.39, 0.29) is 11.5 Å². The maximum atomic E-state index is 11.7. The molecule has 82 valence electrons. The highest BCUT2D eigenvalue weighted by atomic mass is 16.3. The third kappa shape index (κ3) is 2.18. The Morgan fingerprint density at radius 3 is 2.47 bits per heavy atom. The molecule has 0 spiro atoms. The molecule has 3 heteroatoms. The molecule has 1 aromatic rings. The van der Waals surface area contributed by atoms with E-state index in [0.717, 1.165) is 16.7 Å². The monoisotopic (exact) mass is 207 g/mol. The number of phenolic OH excluding ortho intramolecular Hbond substituents is 1. The molecule has 0 aromatic heterocycles. The van der Waals surface area contributed by atoms with E-state index in [1.165, 1.54) is 0 Å². The number of carbonyl (C=O) groups is 1. The zero-order valence-electron chi connectivity index (χ0n) is 9.42. The number of carbonyl (C=O) groups excluding carboxylic acids is 1. The van der Waals surface area contributed by atoms with Crippen molar-refractivity contribution in [1.82, 2.24) is 0 Å². The lowest BCUT2D eigenvalue weighted by molar-refractivity contribution is 0.0984. The second-order valence-corrected chi connectivity index (χ2v) is 3.80. The number of ketones is 1. The van der Waals surface area contributed by atoms with Gasteiger partial charge in [0.25, 0.3) is 0 Å². The molecular weight excluding hydrogens is 190 g/mol. The average Bonchev–Trinajstić information content (AvgIpc) is 2.20. The summed E-state index contributed by atoms with van der Waals surface area (Å²) in [7, 11) is 0. The van der Waals surface area contributed by atoms with Crippen LogP contribution in [0.5, 0.6) is 5.75 Å². The molecule has 0 aliphatic rings. The standard InChI is InChI=1S/C12H17NO2/c1-7-6-10(11(14)4-5-13)8(2)9(3)12(7)15/h6,15H,4-5,13H2,1-3H3. The summed E-state index contributed by atoms with van der Waals surface area (Å²) in [6, 6.07) is 1.73. The molecule has 0 bridgehead atoms. The number of Topliss-reactive ketones (excluding diaryl/α,β-unsaturated/α-hetero) is 1. The molecule has 3 nitrogen and oxygen atoms in total. The van der Waals surface area contributed by atoms with Crippen LogP contribution in [0.1, 0.15) is 33.5 Å². The van der Waals surface area contributed by atoms with Gasteiger partial charge in [0.15, 0.2) is 5.78 Å². The van der Waals surface area contributed by atoms with Crippen LogP contribution in [0.2, 0.25) is 0 Å². The molecule has 15 heavy (non-hydrogen) atoms. The predicted octanol–water partition coefficient (Wildman–Crippen LogP) is 1.85. The van der Waals surface area contributed by atoms with E-state index in [9.17, 15) is 9.90 Å². The second-order valence-electron chi connectivity index (χ2n) is 3.80. The number of phenols is 1. The van der Waals surface area contributed by atoms with Gasteiger partial charge in [-0.3, -0.25) is 4.79 Å². The van der Waals surface area contributed by atoms with Crippen molar-refractivity contribution in [3.8, 4) is 5.75 Å². The normalized spacial score (nSPS) is 10.4. The van der Waals surface area contributed by atoms with Crippen molar-refractivity contribution >= 4 is 5.78 Å². The zero-order chi connectivity index (χ0) is 11.6. The summed E-state index contributed by atoms with van der Waals surface area (Å²) in [5, 5.41) is 9.69. The van der Waals surface area contributed by atoms with E-state index < -0.39 is 0 Å². The van der Waals surface area contributed by atoms with Crippen molar-refractivity contribution in [3.05, 3.63) is 28.3 Å². The summed E-state index contributed by atoms with van der Waals surface area (Å²) in [5.74, 6) is 0.318. The van der Waals surface area contributed by atoms with Crippen molar-refractivity contribution in [2.45, 2.75) is 27.2 Å². The van der Waals surface area contributed by atoms with Gasteiger partial charge in [-0.15, -0.1) is 0 Å². The molecule has 0 atom stereocenters. The highest BCUT2D eigenvalue weighted by Crippen LogP contribution is 2.27. The minimum Gasteiger partial charge on any atom is -0.507 e. The summed E-state index contributed by atoms with van der Waals surface area (Å²) in [6.45, 7) is 5.81. The summed E-state index contributed by atoms with van der Waals surface area (Å²) >= 11 is 0. The van der Waals surface area contributed by atoms with Crippen LogP contribution >= 0.6 is 0 Å². The van der Waals surface area contributed by atoms with E-state index in [4.69, 9.17) is 5.73 Å². The van der Waals surface area contributed by atoms with Crippen LogP contribution in [0.3, 0.4) is 0 Å². The Bertz CT molecular complexity index is 397. The molecule has 3 N–H and O–H groups in total. The van der Waals surface area contributed by atoms with Crippen LogP contribution in [0.25, 0.3) is 0 Å². The minimum absolute atomic E-state index is 0.0428. The SMILES string of the molecule is Cc1cc(C(=O)CCN)c(C)c(C)c1O. The van der Waals surface area contributed by atoms with Gasteiger partial charge in [0, 0.05) is 12.0 Å². The lowest BCUT2D eigenvalue weighted by Crippen LogP contribution is -2.10. The number of nitrogens with two attached hydrogens (primary N) is 1. The second kappa shape index (κ2) is 4.45. The Balaban J connectivity index is 3.26. The number of hydrogen-bond donors (Lipinski definition) is 2. The van der Waals surface area contributed by atoms with E-state index in [2.05, 4.69) is 0 Å². The van der Waals surface area contributed by atoms with Gasteiger partial charge in [0.1, 0.15) is 5.75 Å². The molecule has 0 aliphatic heterocycles. The molecule has 1 aromatic carbocycles. The van der Waals surface area contributed by atoms with E-state index in [0.29, 0.717) is 18.5 Å². The van der Waals surface area contributed by atoms with Gasteiger partial charge in [-0.05, 0) is 50.1 Å². The molecule has 0 saturated carbocycles. The van der Waals surface area contributed by atoms with Gasteiger partial charge in [-0.1, -0.05) is 0 Å². The lowest BCUT2D eigenvalue weighted by atomic mass is 9.95. The molecule has 0 amide bonds. The number of aryl methyl sites for hydroxylation is 1. The zero-order valence-corrected chi connectivity index (χ0v) is 9.42. The van der Waals surface area contributed by atoms with Crippen LogP contribution in [0.4, 0.5) is 0 Å². The molecule has 0 fully saturated rings. The number of rotatable bonds is 3. The lowest BCUT2D eigenvalue weighted by Gasteiger charge is -2.11. The number of aromatic hydroxyl groups is 1. The van der Waals surface area contributed by atoms with E-state index >= 15 is 0 Å². The highest BCUT2D eigenvalue weighted by Gasteiger charge is 2.14. The smallest absolute Gasteiger partial charge is 0.164 e. The minimum atomic E-state index is 0.0428. The van der Waals surface area contributed by atoms with E-state index in [1.807, 2.05) is 13.8 Å². The molecular formula is C12H17NO2. The first kappa shape index (κ1) is 11.7. The van der Waals surface area contributed by atoms with Crippen LogP contribution in [0.15, 0.2) is 6.07 Å². The van der Waals surface area contributed by atoms with Crippen LogP contribution in [0, 0.1) is 20.8 Å². The topological polar surface area (TPSA) is 63.3 Å². The Labute approximate surface area is 89.9 Å². The maximum Gasteiger partial charge on any atom is 0.164 e. The Kier molecular flexibility index (Phi) is 3.48. The van der Waals surface area contributed by atoms with Gasteiger partial charge in [-0.25, -0.2) is 0 Å². The van der Waals surface area contributed by atoms with Crippen molar-refractivity contribution in [3.63, 3.8) is 0 Å². The molecule has 1 rings (SSSR count). The van der Waals surface area contributed by atoms with Crippen molar-refractivity contribution < 1.29 is 9.90 Å². The third-order valence-corrected chi connectivity index (χ3v) is 2.73. The third-order valence-electron chi connectivity index (χ3n) is 2.73. The van der Waals surface area contributed by atoms with Crippen LogP contribution in [-0.4, -0.2) is 17.4 Å². The quantitative estimate of drug-likeness (QED) is 0.743. The van der Waals surface area contributed by atoms with Crippen LogP contribution < -0.4 is 5.73 Å². The van der Waals surface area contributed by atoms with Crippen molar-refractivity contribution in [2.75, 3.05) is 6.54 Å². The first-order valence-electron chi connectivity index (χ1n) is 5.02. The summed E-state index contributed by atoms with van der Waals surface area (Å²) < 4.78 is 0. The van der Waals surface area contributed by atoms with Gasteiger partial charge in [-0.2, -0.15) is 0 Å². The summed E-state index contributed by atoms with van der Waals surface area (Å²) in [5.41, 5.74) is 8.38. The fourth-order valence-corrected chi connectivity index (χ4v) is 1.62. The largest absolute Gasteiger partial charge is 0.507 e. The fraction of sp³-hybridized carbons (Fsp3) is 0.417. The molecule has 0 heterocycles. The van der Waals surface area contributed by atoms with Gasteiger partial charge in [0.05, 0.1) is 0 Å². The summed E-state index contributed by atoms with van der Waals surface area (Å²) in [4.78, 5) is 11.7. The van der Waals surface area contributed by atoms with Gasteiger partial charge < -0.3 is 10.8 Å². The first-order valence-corrected chi connectivity index (χ1v) is 5.02. The van der Waals surface area contributed by atoms with Crippen molar-refractivity contribution in [2.24, 2.45) is 5.73 Å². The van der Waals surface area contributed by atoms with Crippen LogP contribution in [-0.2, 0) is 0 Å². The Morgan fingerprint density at radius 1 is 1.33 bits per heavy atom.